The average molecular weight is 210 g/mol. The summed E-state index contributed by atoms with van der Waals surface area (Å²) >= 11 is 0. The molecule has 1 heterocycles. The molecule has 15 heavy (non-hydrogen) atoms. The Balaban J connectivity index is 1.73. The summed E-state index contributed by atoms with van der Waals surface area (Å²) in [6.45, 7) is 2.54. The molecule has 0 aromatic heterocycles. The maximum atomic E-state index is 11.7. The van der Waals surface area contributed by atoms with Gasteiger partial charge in [-0.25, -0.2) is 0 Å². The van der Waals surface area contributed by atoms with Gasteiger partial charge in [-0.15, -0.1) is 0 Å². The second kappa shape index (κ2) is 4.21. The number of nitrogens with one attached hydrogen (secondary N) is 2. The van der Waals surface area contributed by atoms with E-state index in [4.69, 9.17) is 0 Å². The molecule has 0 aromatic rings. The number of amides is 2. The molecule has 4 nitrogen and oxygen atoms in total. The number of hydrogen-bond acceptors (Lipinski definition) is 2. The number of carbonyl (C=O) groups is 2. The van der Waals surface area contributed by atoms with Crippen LogP contribution in [0.2, 0.25) is 0 Å². The van der Waals surface area contributed by atoms with E-state index in [9.17, 15) is 9.59 Å². The minimum absolute atomic E-state index is 0.00926. The zero-order valence-electron chi connectivity index (χ0n) is 9.08. The zero-order chi connectivity index (χ0) is 10.8. The fourth-order valence-corrected chi connectivity index (χ4v) is 2.06. The molecular formula is C11H18N2O2. The van der Waals surface area contributed by atoms with Gasteiger partial charge < -0.3 is 10.6 Å². The van der Waals surface area contributed by atoms with Crippen LogP contribution in [0.5, 0.6) is 0 Å². The lowest BCUT2D eigenvalue weighted by molar-refractivity contribution is -0.127. The van der Waals surface area contributed by atoms with Crippen molar-refractivity contribution < 1.29 is 9.59 Å². The van der Waals surface area contributed by atoms with E-state index in [1.165, 1.54) is 12.8 Å². The third-order valence-corrected chi connectivity index (χ3v) is 3.12. The summed E-state index contributed by atoms with van der Waals surface area (Å²) in [5.41, 5.74) is 0. The first kappa shape index (κ1) is 10.5. The SMILES string of the molecule is CC(CC1CC1)NC(=O)C1CNC(=O)C1. The van der Waals surface area contributed by atoms with Crippen molar-refractivity contribution in [2.45, 2.75) is 38.6 Å². The molecule has 2 rings (SSSR count). The summed E-state index contributed by atoms with van der Waals surface area (Å²) in [6.07, 6.45) is 4.05. The molecular weight excluding hydrogens is 192 g/mol. The highest BCUT2D eigenvalue weighted by Gasteiger charge is 2.30. The van der Waals surface area contributed by atoms with Crippen LogP contribution in [-0.2, 0) is 9.59 Å². The van der Waals surface area contributed by atoms with Crippen molar-refractivity contribution in [2.75, 3.05) is 6.54 Å². The Bertz CT molecular complexity index is 274. The summed E-state index contributed by atoms with van der Waals surface area (Å²) < 4.78 is 0. The maximum absolute atomic E-state index is 11.7. The predicted octanol–water partition coefficient (Wildman–Crippen LogP) is 0.427. The first-order valence-electron chi connectivity index (χ1n) is 5.72. The summed E-state index contributed by atoms with van der Waals surface area (Å²) in [4.78, 5) is 22.6. The molecule has 1 saturated carbocycles. The Hall–Kier alpha value is -1.06. The molecule has 1 aliphatic carbocycles. The molecule has 2 unspecified atom stereocenters. The Kier molecular flexibility index (Phi) is 2.93. The maximum Gasteiger partial charge on any atom is 0.225 e. The van der Waals surface area contributed by atoms with Crippen LogP contribution >= 0.6 is 0 Å². The molecule has 2 atom stereocenters. The van der Waals surface area contributed by atoms with Gasteiger partial charge in [-0.3, -0.25) is 9.59 Å². The Morgan fingerprint density at radius 2 is 2.33 bits per heavy atom. The fraction of sp³-hybridized carbons (Fsp3) is 0.818. The lowest BCUT2D eigenvalue weighted by Gasteiger charge is -2.15. The third-order valence-electron chi connectivity index (χ3n) is 3.12. The Morgan fingerprint density at radius 3 is 2.87 bits per heavy atom. The van der Waals surface area contributed by atoms with E-state index >= 15 is 0 Å². The Morgan fingerprint density at radius 1 is 1.60 bits per heavy atom. The Labute approximate surface area is 89.8 Å². The summed E-state index contributed by atoms with van der Waals surface area (Å²) in [6, 6.07) is 0.251. The monoisotopic (exact) mass is 210 g/mol. The molecule has 2 amide bonds. The van der Waals surface area contributed by atoms with Crippen LogP contribution in [0.25, 0.3) is 0 Å². The second-order valence-corrected chi connectivity index (χ2v) is 4.79. The van der Waals surface area contributed by atoms with Crippen LogP contribution in [-0.4, -0.2) is 24.4 Å². The van der Waals surface area contributed by atoms with Crippen molar-refractivity contribution in [1.82, 2.24) is 10.6 Å². The van der Waals surface area contributed by atoms with Crippen molar-refractivity contribution in [1.29, 1.82) is 0 Å². The quantitative estimate of drug-likeness (QED) is 0.707. The summed E-state index contributed by atoms with van der Waals surface area (Å²) in [7, 11) is 0. The van der Waals surface area contributed by atoms with Gasteiger partial charge in [-0.1, -0.05) is 12.8 Å². The second-order valence-electron chi connectivity index (χ2n) is 4.79. The van der Waals surface area contributed by atoms with Crippen molar-refractivity contribution in [3.05, 3.63) is 0 Å². The van der Waals surface area contributed by atoms with Gasteiger partial charge in [0.15, 0.2) is 0 Å². The molecule has 0 radical (unpaired) electrons. The predicted molar refractivity (Wildman–Crippen MR) is 56.1 cm³/mol. The summed E-state index contributed by atoms with van der Waals surface area (Å²) in [5.74, 6) is 0.689. The van der Waals surface area contributed by atoms with Gasteiger partial charge in [-0.05, 0) is 19.3 Å². The zero-order valence-corrected chi connectivity index (χ0v) is 9.08. The van der Waals surface area contributed by atoms with Gasteiger partial charge in [0, 0.05) is 19.0 Å². The van der Waals surface area contributed by atoms with Crippen molar-refractivity contribution in [3.8, 4) is 0 Å². The molecule has 1 aliphatic heterocycles. The van der Waals surface area contributed by atoms with E-state index in [2.05, 4.69) is 10.6 Å². The average Bonchev–Trinajstić information content (AvgIpc) is 2.85. The third kappa shape index (κ3) is 2.94. The fourth-order valence-electron chi connectivity index (χ4n) is 2.06. The first-order valence-corrected chi connectivity index (χ1v) is 5.72. The van der Waals surface area contributed by atoms with Gasteiger partial charge in [0.05, 0.1) is 5.92 Å². The molecule has 84 valence electrons. The highest BCUT2D eigenvalue weighted by molar-refractivity contribution is 5.89. The number of hydrogen-bond donors (Lipinski definition) is 2. The van der Waals surface area contributed by atoms with Crippen LogP contribution in [0, 0.1) is 11.8 Å². The minimum atomic E-state index is -0.154. The van der Waals surface area contributed by atoms with E-state index in [0.717, 1.165) is 12.3 Å². The molecule has 4 heteroatoms. The van der Waals surface area contributed by atoms with Crippen LogP contribution in [0.4, 0.5) is 0 Å². The van der Waals surface area contributed by atoms with Crippen molar-refractivity contribution in [3.63, 3.8) is 0 Å². The van der Waals surface area contributed by atoms with Crippen LogP contribution < -0.4 is 10.6 Å². The van der Waals surface area contributed by atoms with Crippen molar-refractivity contribution in [2.24, 2.45) is 11.8 Å². The number of carbonyl (C=O) groups excluding carboxylic acids is 2. The highest BCUT2D eigenvalue weighted by Crippen LogP contribution is 2.33. The summed E-state index contributed by atoms with van der Waals surface area (Å²) in [5, 5.41) is 5.66. The van der Waals surface area contributed by atoms with Crippen LogP contribution in [0.15, 0.2) is 0 Å². The van der Waals surface area contributed by atoms with Gasteiger partial charge in [-0.2, -0.15) is 0 Å². The van der Waals surface area contributed by atoms with Gasteiger partial charge >= 0.3 is 0 Å². The number of rotatable bonds is 4. The largest absolute Gasteiger partial charge is 0.355 e. The van der Waals surface area contributed by atoms with E-state index < -0.39 is 0 Å². The van der Waals surface area contributed by atoms with E-state index in [1.807, 2.05) is 6.92 Å². The van der Waals surface area contributed by atoms with Crippen LogP contribution in [0.1, 0.15) is 32.6 Å². The van der Waals surface area contributed by atoms with Gasteiger partial charge in [0.25, 0.3) is 0 Å². The molecule has 1 saturated heterocycles. The minimum Gasteiger partial charge on any atom is -0.355 e. The smallest absolute Gasteiger partial charge is 0.225 e. The lowest BCUT2D eigenvalue weighted by Crippen LogP contribution is -2.38. The van der Waals surface area contributed by atoms with Gasteiger partial charge in [0.1, 0.15) is 0 Å². The molecule has 0 aromatic carbocycles. The molecule has 2 aliphatic rings. The van der Waals surface area contributed by atoms with E-state index in [1.54, 1.807) is 0 Å². The molecule has 2 N–H and O–H groups in total. The molecule has 0 bridgehead atoms. The highest BCUT2D eigenvalue weighted by atomic mass is 16.2. The molecule has 0 spiro atoms. The topological polar surface area (TPSA) is 58.2 Å². The molecule has 2 fully saturated rings. The van der Waals surface area contributed by atoms with E-state index in [-0.39, 0.29) is 23.8 Å². The standard InChI is InChI=1S/C11H18N2O2/c1-7(4-8-2-3-8)13-11(15)9-5-10(14)12-6-9/h7-9H,2-6H2,1H3,(H,12,14)(H,13,15). The van der Waals surface area contributed by atoms with Crippen molar-refractivity contribution >= 4 is 11.8 Å². The first-order chi connectivity index (χ1) is 7.15. The van der Waals surface area contributed by atoms with Crippen LogP contribution in [0.3, 0.4) is 0 Å². The normalized spacial score (nSPS) is 27.3. The van der Waals surface area contributed by atoms with Gasteiger partial charge in [0.2, 0.25) is 11.8 Å². The lowest BCUT2D eigenvalue weighted by atomic mass is 10.1. The van der Waals surface area contributed by atoms with E-state index in [0.29, 0.717) is 13.0 Å².